The number of sulfonamides is 1. The quantitative estimate of drug-likeness (QED) is 0.369. The SMILES string of the molecule is CC1CCc2sc(NC(=O)C(C)Nc3cccc(S(=O)(=O)Nc4ccc(Cl)cc4)c3C(=O)[O-])c(C#N)c2C1. The highest BCUT2D eigenvalue weighted by Crippen LogP contribution is 2.39. The summed E-state index contributed by atoms with van der Waals surface area (Å²) in [6.07, 6.45) is 2.64. The number of amides is 1. The largest absolute Gasteiger partial charge is 0.545 e. The zero-order valence-electron chi connectivity index (χ0n) is 20.5. The van der Waals surface area contributed by atoms with Crippen molar-refractivity contribution in [2.24, 2.45) is 5.92 Å². The predicted molar refractivity (Wildman–Crippen MR) is 145 cm³/mol. The number of aromatic carboxylic acids is 1. The first-order valence-electron chi connectivity index (χ1n) is 11.7. The molecule has 1 aromatic heterocycles. The number of nitrogens with zero attached hydrogens (tertiary/aromatic N) is 1. The van der Waals surface area contributed by atoms with Crippen molar-refractivity contribution in [3.63, 3.8) is 0 Å². The van der Waals surface area contributed by atoms with Crippen molar-refractivity contribution >= 4 is 61.2 Å². The number of nitrogens with one attached hydrogen (secondary N) is 3. The number of nitriles is 1. The van der Waals surface area contributed by atoms with E-state index in [-0.39, 0.29) is 11.4 Å². The van der Waals surface area contributed by atoms with E-state index in [4.69, 9.17) is 11.6 Å². The average Bonchev–Trinajstić information content (AvgIpc) is 3.20. The van der Waals surface area contributed by atoms with Crippen LogP contribution in [0.1, 0.15) is 46.6 Å². The third kappa shape index (κ3) is 5.78. The van der Waals surface area contributed by atoms with Gasteiger partial charge in [0.25, 0.3) is 10.0 Å². The molecule has 38 heavy (non-hydrogen) atoms. The Balaban J connectivity index is 1.57. The van der Waals surface area contributed by atoms with Crippen LogP contribution < -0.4 is 20.5 Å². The van der Waals surface area contributed by atoms with Crippen LogP contribution in [0.15, 0.2) is 47.4 Å². The second-order valence-electron chi connectivity index (χ2n) is 9.10. The molecule has 12 heteroatoms. The molecular weight excluding hydrogens is 548 g/mol. The van der Waals surface area contributed by atoms with Gasteiger partial charge in [0.05, 0.1) is 16.4 Å². The van der Waals surface area contributed by atoms with Crippen LogP contribution in [0.5, 0.6) is 0 Å². The van der Waals surface area contributed by atoms with Gasteiger partial charge in [0, 0.05) is 26.8 Å². The molecule has 0 spiro atoms. The predicted octanol–water partition coefficient (Wildman–Crippen LogP) is 4.00. The van der Waals surface area contributed by atoms with Crippen molar-refractivity contribution in [2.45, 2.75) is 44.0 Å². The number of carbonyl (C=O) groups excluding carboxylic acids is 2. The average molecular weight is 572 g/mol. The van der Waals surface area contributed by atoms with Crippen LogP contribution >= 0.6 is 22.9 Å². The number of hydrogen-bond donors (Lipinski definition) is 3. The summed E-state index contributed by atoms with van der Waals surface area (Å²) in [5, 5.41) is 28.2. The molecule has 1 heterocycles. The minimum absolute atomic E-state index is 0.105. The molecule has 4 rings (SSSR count). The third-order valence-corrected chi connectivity index (χ3v) is 9.12. The van der Waals surface area contributed by atoms with Crippen LogP contribution in [0.2, 0.25) is 5.02 Å². The zero-order valence-corrected chi connectivity index (χ0v) is 22.9. The molecule has 3 N–H and O–H groups in total. The van der Waals surface area contributed by atoms with Gasteiger partial charge in [-0.1, -0.05) is 24.6 Å². The molecular formula is C26H24ClN4O5S2-. The fraction of sp³-hybridized carbons (Fsp3) is 0.269. The van der Waals surface area contributed by atoms with Gasteiger partial charge in [-0.25, -0.2) is 8.42 Å². The van der Waals surface area contributed by atoms with E-state index in [1.165, 1.54) is 54.7 Å². The molecule has 3 aromatic rings. The highest BCUT2D eigenvalue weighted by Gasteiger charge is 2.27. The first-order valence-corrected chi connectivity index (χ1v) is 14.4. The maximum atomic E-state index is 13.0. The topological polar surface area (TPSA) is 151 Å². The van der Waals surface area contributed by atoms with E-state index in [1.54, 1.807) is 0 Å². The number of aryl methyl sites for hydroxylation is 1. The summed E-state index contributed by atoms with van der Waals surface area (Å²) in [6.45, 7) is 3.63. The van der Waals surface area contributed by atoms with Gasteiger partial charge >= 0.3 is 0 Å². The summed E-state index contributed by atoms with van der Waals surface area (Å²) in [7, 11) is -4.33. The fourth-order valence-electron chi connectivity index (χ4n) is 4.30. The van der Waals surface area contributed by atoms with Gasteiger partial charge in [-0.3, -0.25) is 9.52 Å². The number of fused-ring (bicyclic) bond motifs is 1. The molecule has 0 fully saturated rings. The van der Waals surface area contributed by atoms with Crippen molar-refractivity contribution in [3.05, 3.63) is 69.1 Å². The molecule has 1 aliphatic carbocycles. The number of carboxylic acids is 1. The fourth-order valence-corrected chi connectivity index (χ4v) is 6.90. The second-order valence-corrected chi connectivity index (χ2v) is 12.3. The number of hydrogen-bond acceptors (Lipinski definition) is 8. The Kier molecular flexibility index (Phi) is 7.97. The number of halogens is 1. The van der Waals surface area contributed by atoms with Crippen LogP contribution in [0.4, 0.5) is 16.4 Å². The first kappa shape index (κ1) is 27.4. The highest BCUT2D eigenvalue weighted by atomic mass is 35.5. The lowest BCUT2D eigenvalue weighted by Gasteiger charge is -2.21. The molecule has 2 atom stereocenters. The Hall–Kier alpha value is -3.59. The van der Waals surface area contributed by atoms with Gasteiger partial charge < -0.3 is 20.5 Å². The maximum absolute atomic E-state index is 13.0. The smallest absolute Gasteiger partial charge is 0.262 e. The third-order valence-electron chi connectivity index (χ3n) is 6.24. The summed E-state index contributed by atoms with van der Waals surface area (Å²) in [5.41, 5.74) is 0.885. The Morgan fingerprint density at radius 1 is 1.21 bits per heavy atom. The summed E-state index contributed by atoms with van der Waals surface area (Å²) in [4.78, 5) is 25.6. The van der Waals surface area contributed by atoms with E-state index >= 15 is 0 Å². The number of anilines is 3. The molecule has 2 unspecified atom stereocenters. The molecule has 9 nitrogen and oxygen atoms in total. The Morgan fingerprint density at radius 3 is 2.58 bits per heavy atom. The van der Waals surface area contributed by atoms with E-state index in [0.29, 0.717) is 21.5 Å². The van der Waals surface area contributed by atoms with Gasteiger partial charge in [0.1, 0.15) is 17.1 Å². The summed E-state index contributed by atoms with van der Waals surface area (Å²) >= 11 is 7.22. The van der Waals surface area contributed by atoms with Gasteiger partial charge in [0.2, 0.25) is 5.91 Å². The minimum atomic E-state index is -4.33. The van der Waals surface area contributed by atoms with Crippen molar-refractivity contribution in [1.82, 2.24) is 0 Å². The van der Waals surface area contributed by atoms with Gasteiger partial charge in [0.15, 0.2) is 0 Å². The number of benzene rings is 2. The van der Waals surface area contributed by atoms with Crippen molar-refractivity contribution < 1.29 is 23.1 Å². The van der Waals surface area contributed by atoms with Gasteiger partial charge in [-0.15, -0.1) is 11.3 Å². The van der Waals surface area contributed by atoms with Crippen LogP contribution in [-0.2, 0) is 27.7 Å². The van der Waals surface area contributed by atoms with Crippen LogP contribution in [0, 0.1) is 17.2 Å². The van der Waals surface area contributed by atoms with E-state index in [1.807, 2.05) is 0 Å². The van der Waals surface area contributed by atoms with E-state index in [0.717, 1.165) is 35.8 Å². The molecule has 198 valence electrons. The Morgan fingerprint density at radius 2 is 1.92 bits per heavy atom. The standard InChI is InChI=1S/C26H25ClN4O5S2/c1-14-6-11-21-18(12-14)19(13-28)25(37-21)30-24(32)15(2)29-20-4-3-5-22(23(20)26(33)34)38(35,36)31-17-9-7-16(27)8-10-17/h3-5,7-10,14-15,29,31H,6,11-12H2,1-2H3,(H,30,32)(H,33,34)/p-1. The molecule has 1 aliphatic rings. The molecule has 0 aliphatic heterocycles. The zero-order chi connectivity index (χ0) is 27.6. The summed E-state index contributed by atoms with van der Waals surface area (Å²) < 4.78 is 28.4. The lowest BCUT2D eigenvalue weighted by Crippen LogP contribution is -2.34. The van der Waals surface area contributed by atoms with Crippen LogP contribution in [0.25, 0.3) is 0 Å². The lowest BCUT2D eigenvalue weighted by atomic mass is 9.88. The van der Waals surface area contributed by atoms with Gasteiger partial charge in [-0.2, -0.15) is 5.26 Å². The van der Waals surface area contributed by atoms with Crippen molar-refractivity contribution in [1.29, 1.82) is 5.26 Å². The number of carbonyl (C=O) groups is 2. The molecule has 0 bridgehead atoms. The first-order chi connectivity index (χ1) is 18.0. The minimum Gasteiger partial charge on any atom is -0.545 e. The van der Waals surface area contributed by atoms with Crippen LogP contribution in [-0.4, -0.2) is 26.3 Å². The molecule has 2 aromatic carbocycles. The van der Waals surface area contributed by atoms with Crippen molar-refractivity contribution in [3.8, 4) is 6.07 Å². The number of thiophene rings is 1. The van der Waals surface area contributed by atoms with E-state index in [2.05, 4.69) is 28.3 Å². The maximum Gasteiger partial charge on any atom is 0.262 e. The summed E-state index contributed by atoms with van der Waals surface area (Å²) in [5.74, 6) is -1.79. The molecule has 0 saturated heterocycles. The second kappa shape index (κ2) is 11.0. The monoisotopic (exact) mass is 571 g/mol. The summed E-state index contributed by atoms with van der Waals surface area (Å²) in [6, 6.07) is 10.9. The van der Waals surface area contributed by atoms with Crippen molar-refractivity contribution in [2.75, 3.05) is 15.4 Å². The van der Waals surface area contributed by atoms with Gasteiger partial charge in [-0.05, 0) is 74.1 Å². The number of rotatable bonds is 8. The normalized spacial score (nSPS) is 15.6. The van der Waals surface area contributed by atoms with E-state index in [9.17, 15) is 28.4 Å². The Labute approximate surface area is 229 Å². The lowest BCUT2D eigenvalue weighted by molar-refractivity contribution is -0.255. The number of carboxylic acid groups (broad SMARTS) is 1. The Bertz CT molecular complexity index is 1540. The molecule has 1 amide bonds. The van der Waals surface area contributed by atoms with Crippen LogP contribution in [0.3, 0.4) is 0 Å². The van der Waals surface area contributed by atoms with E-state index < -0.39 is 38.4 Å². The highest BCUT2D eigenvalue weighted by molar-refractivity contribution is 7.92. The molecule has 0 radical (unpaired) electrons. The molecule has 0 saturated carbocycles.